The van der Waals surface area contributed by atoms with Gasteiger partial charge in [0.05, 0.1) is 13.2 Å². The van der Waals surface area contributed by atoms with Crippen molar-refractivity contribution in [2.45, 2.75) is 19.4 Å². The number of nitrogens with zero attached hydrogens (tertiary/aromatic N) is 2. The Balaban J connectivity index is 1.56. The molecule has 0 aliphatic carbocycles. The van der Waals surface area contributed by atoms with Crippen molar-refractivity contribution in [2.75, 3.05) is 38.2 Å². The van der Waals surface area contributed by atoms with E-state index >= 15 is 0 Å². The number of benzene rings is 2. The van der Waals surface area contributed by atoms with Crippen molar-refractivity contribution in [1.82, 2.24) is 4.90 Å². The molecule has 1 atom stereocenters. The summed E-state index contributed by atoms with van der Waals surface area (Å²) < 4.78 is 0. The Kier molecular flexibility index (Phi) is 6.48. The van der Waals surface area contributed by atoms with E-state index in [2.05, 4.69) is 12.1 Å². The molecule has 144 valence electrons. The van der Waals surface area contributed by atoms with Gasteiger partial charge < -0.3 is 20.0 Å². The van der Waals surface area contributed by atoms with Gasteiger partial charge in [0, 0.05) is 37.9 Å². The zero-order valence-electron chi connectivity index (χ0n) is 15.8. The fourth-order valence-corrected chi connectivity index (χ4v) is 3.62. The molecule has 3 rings (SSSR count). The summed E-state index contributed by atoms with van der Waals surface area (Å²) in [6.45, 7) is 2.33. The van der Waals surface area contributed by atoms with Crippen molar-refractivity contribution in [3.05, 3.63) is 65.2 Å². The molecule has 5 nitrogen and oxygen atoms in total. The number of aliphatic hydroxyl groups excluding tert-OH is 2. The van der Waals surface area contributed by atoms with Gasteiger partial charge in [0.2, 0.25) is 0 Å². The summed E-state index contributed by atoms with van der Waals surface area (Å²) in [5.74, 6) is 0.563. The molecule has 1 aliphatic rings. The molecule has 2 N–H and O–H groups in total. The number of aliphatic hydroxyl groups is 2. The van der Waals surface area contributed by atoms with Gasteiger partial charge >= 0.3 is 0 Å². The Hall–Kier alpha value is -2.37. The first-order chi connectivity index (χ1) is 13.1. The lowest BCUT2D eigenvalue weighted by Crippen LogP contribution is -2.29. The Morgan fingerprint density at radius 3 is 2.37 bits per heavy atom. The monoisotopic (exact) mass is 368 g/mol. The number of likely N-dealkylation sites (N-methyl/N-ethyl adjacent to an activating group) is 1. The van der Waals surface area contributed by atoms with Crippen LogP contribution in [0.3, 0.4) is 0 Å². The quantitative estimate of drug-likeness (QED) is 0.787. The summed E-state index contributed by atoms with van der Waals surface area (Å²) in [4.78, 5) is 16.7. The minimum atomic E-state index is 0.0700. The van der Waals surface area contributed by atoms with Crippen molar-refractivity contribution in [3.8, 4) is 0 Å². The number of hydrogen-bond donors (Lipinski definition) is 2. The van der Waals surface area contributed by atoms with Crippen LogP contribution < -0.4 is 4.90 Å². The maximum absolute atomic E-state index is 12.8. The molecule has 0 unspecified atom stereocenters. The van der Waals surface area contributed by atoms with E-state index in [4.69, 9.17) is 10.2 Å². The largest absolute Gasteiger partial charge is 0.395 e. The number of carbonyl (C=O) groups excluding carboxylic acids is 1. The number of likely N-dealkylation sites (tertiary alicyclic amines) is 1. The van der Waals surface area contributed by atoms with Crippen molar-refractivity contribution in [2.24, 2.45) is 5.92 Å². The van der Waals surface area contributed by atoms with Crippen molar-refractivity contribution >= 4 is 11.6 Å². The Morgan fingerprint density at radius 1 is 1.07 bits per heavy atom. The van der Waals surface area contributed by atoms with Crippen LogP contribution in [0.2, 0.25) is 0 Å². The van der Waals surface area contributed by atoms with E-state index in [-0.39, 0.29) is 19.1 Å². The highest BCUT2D eigenvalue weighted by Crippen LogP contribution is 2.23. The molecule has 1 saturated heterocycles. The second kappa shape index (κ2) is 9.02. The maximum atomic E-state index is 12.8. The number of rotatable bonds is 7. The number of carbonyl (C=O) groups is 1. The van der Waals surface area contributed by atoms with E-state index in [0.717, 1.165) is 37.2 Å². The first kappa shape index (κ1) is 19.4. The van der Waals surface area contributed by atoms with Gasteiger partial charge in [-0.05, 0) is 54.2 Å². The van der Waals surface area contributed by atoms with E-state index in [1.54, 1.807) is 0 Å². The Bertz CT molecular complexity index is 743. The van der Waals surface area contributed by atoms with Crippen LogP contribution in [0.1, 0.15) is 27.9 Å². The molecule has 27 heavy (non-hydrogen) atoms. The fraction of sp³-hybridized carbons (Fsp3) is 0.409. The van der Waals surface area contributed by atoms with Crippen LogP contribution >= 0.6 is 0 Å². The maximum Gasteiger partial charge on any atom is 0.253 e. The van der Waals surface area contributed by atoms with Crippen LogP contribution in [0.4, 0.5) is 5.69 Å². The van der Waals surface area contributed by atoms with Crippen LogP contribution in [0.5, 0.6) is 0 Å². The first-order valence-corrected chi connectivity index (χ1v) is 9.50. The molecule has 1 aliphatic heterocycles. The van der Waals surface area contributed by atoms with Crippen LogP contribution in [0, 0.1) is 5.92 Å². The number of hydrogen-bond acceptors (Lipinski definition) is 4. The predicted molar refractivity (Wildman–Crippen MR) is 107 cm³/mol. The standard InChI is InChI=1S/C22H28N2O3/c1-23(12-13-25)21-8-6-20(7-9-21)22(27)24-11-10-19(15-24)14-17-2-4-18(16-26)5-3-17/h2-9,19,25-26H,10-16H2,1H3/t19-/m1/s1. The molecule has 0 spiro atoms. The lowest BCUT2D eigenvalue weighted by atomic mass is 9.98. The van der Waals surface area contributed by atoms with Gasteiger partial charge in [-0.2, -0.15) is 0 Å². The minimum Gasteiger partial charge on any atom is -0.395 e. The molecular formula is C22H28N2O3. The van der Waals surface area contributed by atoms with E-state index in [1.807, 2.05) is 53.2 Å². The highest BCUT2D eigenvalue weighted by Gasteiger charge is 2.27. The van der Waals surface area contributed by atoms with Gasteiger partial charge in [-0.15, -0.1) is 0 Å². The highest BCUT2D eigenvalue weighted by atomic mass is 16.3. The average molecular weight is 368 g/mol. The van der Waals surface area contributed by atoms with Gasteiger partial charge in [0.25, 0.3) is 5.91 Å². The third kappa shape index (κ3) is 4.87. The minimum absolute atomic E-state index is 0.0700. The number of anilines is 1. The van der Waals surface area contributed by atoms with Gasteiger partial charge in [-0.1, -0.05) is 24.3 Å². The zero-order valence-corrected chi connectivity index (χ0v) is 15.8. The third-order valence-corrected chi connectivity index (χ3v) is 5.29. The second-order valence-electron chi connectivity index (χ2n) is 7.28. The summed E-state index contributed by atoms with van der Waals surface area (Å²) in [7, 11) is 1.92. The summed E-state index contributed by atoms with van der Waals surface area (Å²) in [5, 5.41) is 18.2. The van der Waals surface area contributed by atoms with E-state index in [9.17, 15) is 4.79 Å². The van der Waals surface area contributed by atoms with E-state index in [0.29, 0.717) is 18.0 Å². The lowest BCUT2D eigenvalue weighted by molar-refractivity contribution is 0.0787. The fourth-order valence-electron chi connectivity index (χ4n) is 3.62. The molecule has 1 heterocycles. The molecule has 0 saturated carbocycles. The van der Waals surface area contributed by atoms with Crippen LogP contribution in [-0.4, -0.2) is 54.3 Å². The highest BCUT2D eigenvalue weighted by molar-refractivity contribution is 5.94. The molecule has 1 fully saturated rings. The third-order valence-electron chi connectivity index (χ3n) is 5.29. The van der Waals surface area contributed by atoms with E-state index < -0.39 is 0 Å². The molecule has 0 aromatic heterocycles. The summed E-state index contributed by atoms with van der Waals surface area (Å²) in [6.07, 6.45) is 1.98. The average Bonchev–Trinajstić information content (AvgIpc) is 3.17. The Labute approximate surface area is 160 Å². The van der Waals surface area contributed by atoms with Gasteiger partial charge in [-0.25, -0.2) is 0 Å². The predicted octanol–water partition coefficient (Wildman–Crippen LogP) is 2.31. The lowest BCUT2D eigenvalue weighted by Gasteiger charge is -2.20. The number of amides is 1. The molecule has 0 bridgehead atoms. The van der Waals surface area contributed by atoms with Crippen LogP contribution in [-0.2, 0) is 13.0 Å². The smallest absolute Gasteiger partial charge is 0.253 e. The van der Waals surface area contributed by atoms with E-state index in [1.165, 1.54) is 5.56 Å². The normalized spacial score (nSPS) is 16.6. The van der Waals surface area contributed by atoms with Crippen LogP contribution in [0.25, 0.3) is 0 Å². The first-order valence-electron chi connectivity index (χ1n) is 9.50. The summed E-state index contributed by atoms with van der Waals surface area (Å²) in [6, 6.07) is 15.7. The molecular weight excluding hydrogens is 340 g/mol. The van der Waals surface area contributed by atoms with Crippen LogP contribution in [0.15, 0.2) is 48.5 Å². The Morgan fingerprint density at radius 2 is 1.74 bits per heavy atom. The van der Waals surface area contributed by atoms with Gasteiger partial charge in [0.1, 0.15) is 0 Å². The van der Waals surface area contributed by atoms with Crippen molar-refractivity contribution in [3.63, 3.8) is 0 Å². The summed E-state index contributed by atoms with van der Waals surface area (Å²) in [5.41, 5.74) is 3.88. The van der Waals surface area contributed by atoms with Gasteiger partial charge in [0.15, 0.2) is 0 Å². The molecule has 1 amide bonds. The molecule has 2 aromatic rings. The molecule has 2 aromatic carbocycles. The molecule has 0 radical (unpaired) electrons. The summed E-state index contributed by atoms with van der Waals surface area (Å²) >= 11 is 0. The molecule has 5 heteroatoms. The van der Waals surface area contributed by atoms with Crippen molar-refractivity contribution < 1.29 is 15.0 Å². The van der Waals surface area contributed by atoms with Gasteiger partial charge in [-0.3, -0.25) is 4.79 Å². The van der Waals surface area contributed by atoms with Crippen molar-refractivity contribution in [1.29, 1.82) is 0 Å². The SMILES string of the molecule is CN(CCO)c1ccc(C(=O)N2CC[C@H](Cc3ccc(CO)cc3)C2)cc1. The topological polar surface area (TPSA) is 64.0 Å². The zero-order chi connectivity index (χ0) is 19.2. The second-order valence-corrected chi connectivity index (χ2v) is 7.28.